The molecule has 2 aliphatic heterocycles. The van der Waals surface area contributed by atoms with E-state index in [0.29, 0.717) is 12.1 Å². The van der Waals surface area contributed by atoms with Gasteiger partial charge in [-0.05, 0) is 75.3 Å². The van der Waals surface area contributed by atoms with Crippen LogP contribution in [-0.4, -0.2) is 47.6 Å². The summed E-state index contributed by atoms with van der Waals surface area (Å²) in [6.45, 7) is 4.32. The molecule has 0 spiro atoms. The number of rotatable bonds is 4. The van der Waals surface area contributed by atoms with Crippen LogP contribution in [0, 0.1) is 0 Å². The predicted molar refractivity (Wildman–Crippen MR) is 117 cm³/mol. The third kappa shape index (κ3) is 3.90. The Bertz CT molecular complexity index is 845. The maximum atomic E-state index is 4.75. The van der Waals surface area contributed by atoms with Crippen LogP contribution < -0.4 is 10.2 Å². The van der Waals surface area contributed by atoms with Crippen molar-refractivity contribution in [2.75, 3.05) is 31.6 Å². The predicted octanol–water partition coefficient (Wildman–Crippen LogP) is 3.49. The van der Waals surface area contributed by atoms with Crippen LogP contribution in [0.2, 0.25) is 0 Å². The van der Waals surface area contributed by atoms with Gasteiger partial charge in [-0.2, -0.15) is 0 Å². The van der Waals surface area contributed by atoms with Gasteiger partial charge in [-0.1, -0.05) is 6.07 Å². The van der Waals surface area contributed by atoms with Crippen LogP contribution >= 0.6 is 0 Å². The number of hydrogen-bond acceptors (Lipinski definition) is 5. The molecule has 0 bridgehead atoms. The van der Waals surface area contributed by atoms with Gasteiger partial charge in [0.1, 0.15) is 0 Å². The molecule has 2 aromatic heterocycles. The molecule has 0 radical (unpaired) electrons. The summed E-state index contributed by atoms with van der Waals surface area (Å²) in [6, 6.07) is 7.49. The number of piperidine rings is 1. The van der Waals surface area contributed by atoms with Crippen LogP contribution in [0.25, 0.3) is 0 Å². The second-order valence-corrected chi connectivity index (χ2v) is 8.98. The average molecular weight is 392 g/mol. The van der Waals surface area contributed by atoms with Crippen molar-refractivity contribution in [2.24, 2.45) is 0 Å². The Kier molecular flexibility index (Phi) is 5.51. The van der Waals surface area contributed by atoms with Crippen molar-refractivity contribution >= 4 is 5.69 Å². The number of pyridine rings is 2. The number of aryl methyl sites for hydroxylation is 1. The number of anilines is 1. The maximum Gasteiger partial charge on any atom is 0.0607 e. The summed E-state index contributed by atoms with van der Waals surface area (Å²) in [6.07, 6.45) is 12.7. The topological polar surface area (TPSA) is 44.3 Å². The highest BCUT2D eigenvalue weighted by Gasteiger charge is 2.29. The Morgan fingerprint density at radius 2 is 2.00 bits per heavy atom. The summed E-state index contributed by atoms with van der Waals surface area (Å²) >= 11 is 0. The molecule has 4 heterocycles. The van der Waals surface area contributed by atoms with Crippen molar-refractivity contribution in [1.29, 1.82) is 0 Å². The smallest absolute Gasteiger partial charge is 0.0607 e. The second kappa shape index (κ2) is 8.41. The third-order valence-electron chi connectivity index (χ3n) is 7.03. The maximum absolute atomic E-state index is 4.75. The first kappa shape index (κ1) is 19.0. The van der Waals surface area contributed by atoms with E-state index < -0.39 is 0 Å². The van der Waals surface area contributed by atoms with E-state index in [1.54, 1.807) is 0 Å². The summed E-state index contributed by atoms with van der Waals surface area (Å²) < 4.78 is 0. The van der Waals surface area contributed by atoms with Gasteiger partial charge in [0.15, 0.2) is 0 Å². The Labute approximate surface area is 174 Å². The first-order valence-corrected chi connectivity index (χ1v) is 11.4. The molecule has 0 aromatic carbocycles. The average Bonchev–Trinajstić information content (AvgIpc) is 2.79. The molecule has 2 atom stereocenters. The SMILES string of the molecule is CN(C[C@H]1Cc2c(N3CCCCC3)ccnc2CN1)[C@H]1CCCc2cccnc21. The molecular formula is C24H33N5. The normalized spacial score (nSPS) is 24.3. The minimum Gasteiger partial charge on any atom is -0.371 e. The van der Waals surface area contributed by atoms with E-state index in [-0.39, 0.29) is 0 Å². The van der Waals surface area contributed by atoms with E-state index in [1.807, 2.05) is 12.4 Å². The van der Waals surface area contributed by atoms with E-state index >= 15 is 0 Å². The zero-order valence-electron chi connectivity index (χ0n) is 17.6. The zero-order chi connectivity index (χ0) is 19.6. The molecule has 1 aliphatic carbocycles. The molecule has 154 valence electrons. The molecule has 0 amide bonds. The fourth-order valence-corrected chi connectivity index (χ4v) is 5.51. The van der Waals surface area contributed by atoms with Gasteiger partial charge < -0.3 is 10.2 Å². The first-order valence-electron chi connectivity index (χ1n) is 11.4. The lowest BCUT2D eigenvalue weighted by atomic mass is 9.90. The van der Waals surface area contributed by atoms with Crippen LogP contribution in [0.5, 0.6) is 0 Å². The van der Waals surface area contributed by atoms with Gasteiger partial charge >= 0.3 is 0 Å². The number of nitrogens with one attached hydrogen (secondary N) is 1. The molecule has 29 heavy (non-hydrogen) atoms. The van der Waals surface area contributed by atoms with Crippen LogP contribution in [0.1, 0.15) is 60.7 Å². The first-order chi connectivity index (χ1) is 14.3. The van der Waals surface area contributed by atoms with Gasteiger partial charge in [0, 0.05) is 50.3 Å². The van der Waals surface area contributed by atoms with E-state index in [4.69, 9.17) is 9.97 Å². The van der Waals surface area contributed by atoms with Crippen molar-refractivity contribution in [2.45, 2.75) is 63.6 Å². The highest BCUT2D eigenvalue weighted by molar-refractivity contribution is 5.56. The minimum atomic E-state index is 0.443. The molecule has 2 aromatic rings. The Balaban J connectivity index is 1.31. The van der Waals surface area contributed by atoms with E-state index in [2.05, 4.69) is 40.4 Å². The van der Waals surface area contributed by atoms with Gasteiger partial charge in [-0.3, -0.25) is 14.9 Å². The Morgan fingerprint density at radius 3 is 2.90 bits per heavy atom. The molecule has 0 unspecified atom stereocenters. The summed E-state index contributed by atoms with van der Waals surface area (Å²) in [5.74, 6) is 0. The second-order valence-electron chi connectivity index (χ2n) is 8.98. The van der Waals surface area contributed by atoms with Crippen molar-refractivity contribution in [3.63, 3.8) is 0 Å². The number of aromatic nitrogens is 2. The Morgan fingerprint density at radius 1 is 1.10 bits per heavy atom. The lowest BCUT2D eigenvalue weighted by molar-refractivity contribution is 0.190. The van der Waals surface area contributed by atoms with Crippen LogP contribution in [0.3, 0.4) is 0 Å². The number of likely N-dealkylation sites (N-methyl/N-ethyl adjacent to an activating group) is 1. The highest BCUT2D eigenvalue weighted by Crippen LogP contribution is 2.33. The van der Waals surface area contributed by atoms with Crippen LogP contribution in [-0.2, 0) is 19.4 Å². The zero-order valence-corrected chi connectivity index (χ0v) is 17.6. The summed E-state index contributed by atoms with van der Waals surface area (Å²) in [7, 11) is 2.28. The number of fused-ring (bicyclic) bond motifs is 2. The van der Waals surface area contributed by atoms with Gasteiger partial charge in [0.2, 0.25) is 0 Å². The lowest BCUT2D eigenvalue weighted by Gasteiger charge is -2.37. The molecule has 5 heteroatoms. The quantitative estimate of drug-likeness (QED) is 0.864. The molecule has 0 saturated carbocycles. The van der Waals surface area contributed by atoms with Crippen molar-refractivity contribution in [3.05, 3.63) is 53.1 Å². The van der Waals surface area contributed by atoms with Gasteiger partial charge in [-0.25, -0.2) is 0 Å². The van der Waals surface area contributed by atoms with Crippen molar-refractivity contribution in [1.82, 2.24) is 20.2 Å². The number of nitrogens with zero attached hydrogens (tertiary/aromatic N) is 4. The molecule has 5 rings (SSSR count). The highest BCUT2D eigenvalue weighted by atomic mass is 15.2. The number of hydrogen-bond donors (Lipinski definition) is 1. The fourth-order valence-electron chi connectivity index (χ4n) is 5.51. The summed E-state index contributed by atoms with van der Waals surface area (Å²) in [5, 5.41) is 3.76. The molecule has 1 N–H and O–H groups in total. The van der Waals surface area contributed by atoms with E-state index in [1.165, 1.54) is 79.8 Å². The van der Waals surface area contributed by atoms with Gasteiger partial charge in [0.05, 0.1) is 17.4 Å². The Hall–Kier alpha value is -1.98. The fraction of sp³-hybridized carbons (Fsp3) is 0.583. The van der Waals surface area contributed by atoms with Crippen molar-refractivity contribution < 1.29 is 0 Å². The van der Waals surface area contributed by atoms with Gasteiger partial charge in [0.25, 0.3) is 0 Å². The standard InChI is InChI=1S/C24H33N5/c1-28(23-9-5-7-18-8-6-11-26-24(18)23)17-19-15-20-21(16-27-19)25-12-10-22(20)29-13-3-2-4-14-29/h6,8,10-12,19,23,27H,2-5,7,9,13-17H2,1H3/t19-,23+/m1/s1. The van der Waals surface area contributed by atoms with Crippen LogP contribution in [0.4, 0.5) is 5.69 Å². The molecular weight excluding hydrogens is 358 g/mol. The molecule has 3 aliphatic rings. The largest absolute Gasteiger partial charge is 0.371 e. The molecule has 1 fully saturated rings. The lowest BCUT2D eigenvalue weighted by Crippen LogP contribution is -2.46. The molecule has 5 nitrogen and oxygen atoms in total. The third-order valence-corrected chi connectivity index (χ3v) is 7.03. The van der Waals surface area contributed by atoms with Crippen molar-refractivity contribution in [3.8, 4) is 0 Å². The van der Waals surface area contributed by atoms with E-state index in [0.717, 1.165) is 19.5 Å². The van der Waals surface area contributed by atoms with Gasteiger partial charge in [-0.15, -0.1) is 0 Å². The minimum absolute atomic E-state index is 0.443. The summed E-state index contributed by atoms with van der Waals surface area (Å²) in [5.41, 5.74) is 6.90. The summed E-state index contributed by atoms with van der Waals surface area (Å²) in [4.78, 5) is 14.6. The monoisotopic (exact) mass is 391 g/mol. The van der Waals surface area contributed by atoms with E-state index in [9.17, 15) is 0 Å². The van der Waals surface area contributed by atoms with Crippen LogP contribution in [0.15, 0.2) is 30.6 Å². The molecule has 1 saturated heterocycles.